The molecule has 0 saturated heterocycles. The summed E-state index contributed by atoms with van der Waals surface area (Å²) in [6.45, 7) is 0.592. The number of carbonyl (C=O) groups excluding carboxylic acids is 1. The Morgan fingerprint density at radius 2 is 1.86 bits per heavy atom. The standard InChI is InChI=1S/C24H20N2O2S/c25-14-18-6-1-2-7-19(18)16-29-12-11-26-23(27)13-20-15-28-22-10-9-17-5-3-4-8-21(17)24(20)22/h1-10,15H,11-13,16H2,(H,26,27). The van der Waals surface area contributed by atoms with Crippen molar-refractivity contribution in [2.75, 3.05) is 12.3 Å². The van der Waals surface area contributed by atoms with Crippen LogP contribution in [0.1, 0.15) is 16.7 Å². The molecule has 4 aromatic rings. The molecule has 0 radical (unpaired) electrons. The quantitative estimate of drug-likeness (QED) is 0.441. The highest BCUT2D eigenvalue weighted by Gasteiger charge is 2.13. The van der Waals surface area contributed by atoms with Crippen molar-refractivity contribution in [3.8, 4) is 6.07 Å². The summed E-state index contributed by atoms with van der Waals surface area (Å²) < 4.78 is 5.66. The lowest BCUT2D eigenvalue weighted by atomic mass is 10.0. The van der Waals surface area contributed by atoms with Crippen LogP contribution in [0.4, 0.5) is 0 Å². The first-order valence-electron chi connectivity index (χ1n) is 9.46. The predicted octanol–water partition coefficient (Wildman–Crippen LogP) is 5.05. The van der Waals surface area contributed by atoms with Gasteiger partial charge in [-0.3, -0.25) is 4.79 Å². The third-order valence-electron chi connectivity index (χ3n) is 4.86. The van der Waals surface area contributed by atoms with Crippen LogP contribution in [-0.2, 0) is 17.0 Å². The highest BCUT2D eigenvalue weighted by atomic mass is 32.2. The Bertz CT molecular complexity index is 1210. The lowest BCUT2D eigenvalue weighted by Gasteiger charge is -2.06. The maximum atomic E-state index is 12.4. The fourth-order valence-electron chi connectivity index (χ4n) is 3.44. The fraction of sp³-hybridized carbons (Fsp3) is 0.167. The second kappa shape index (κ2) is 8.85. The second-order valence-corrected chi connectivity index (χ2v) is 7.87. The Balaban J connectivity index is 1.32. The summed E-state index contributed by atoms with van der Waals surface area (Å²) in [5.41, 5.74) is 3.45. The first-order chi connectivity index (χ1) is 14.3. The van der Waals surface area contributed by atoms with Gasteiger partial charge < -0.3 is 9.73 Å². The van der Waals surface area contributed by atoms with Gasteiger partial charge in [-0.25, -0.2) is 0 Å². The van der Waals surface area contributed by atoms with Gasteiger partial charge in [0.1, 0.15) is 5.58 Å². The Kier molecular flexibility index (Phi) is 5.83. The van der Waals surface area contributed by atoms with Crippen molar-refractivity contribution >= 4 is 39.4 Å². The summed E-state index contributed by atoms with van der Waals surface area (Å²) in [6.07, 6.45) is 1.98. The molecule has 1 N–H and O–H groups in total. The second-order valence-electron chi connectivity index (χ2n) is 6.77. The van der Waals surface area contributed by atoms with Gasteiger partial charge in [0.05, 0.1) is 24.3 Å². The van der Waals surface area contributed by atoms with Gasteiger partial charge in [0.25, 0.3) is 0 Å². The van der Waals surface area contributed by atoms with Crippen LogP contribution in [0.3, 0.4) is 0 Å². The molecular formula is C24H20N2O2S. The van der Waals surface area contributed by atoms with Crippen LogP contribution in [0.15, 0.2) is 71.3 Å². The molecule has 3 aromatic carbocycles. The van der Waals surface area contributed by atoms with Crippen LogP contribution in [-0.4, -0.2) is 18.2 Å². The third-order valence-corrected chi connectivity index (χ3v) is 5.86. The molecular weight excluding hydrogens is 380 g/mol. The molecule has 0 aliphatic carbocycles. The average molecular weight is 401 g/mol. The Labute approximate surface area is 173 Å². The topological polar surface area (TPSA) is 66.0 Å². The number of carbonyl (C=O) groups is 1. The Morgan fingerprint density at radius 3 is 2.76 bits per heavy atom. The third kappa shape index (κ3) is 4.28. The van der Waals surface area contributed by atoms with E-state index in [0.29, 0.717) is 18.5 Å². The Morgan fingerprint density at radius 1 is 1.03 bits per heavy atom. The maximum absolute atomic E-state index is 12.4. The molecule has 144 valence electrons. The number of amides is 1. The largest absolute Gasteiger partial charge is 0.464 e. The molecule has 29 heavy (non-hydrogen) atoms. The number of furan rings is 1. The number of fused-ring (bicyclic) bond motifs is 3. The highest BCUT2D eigenvalue weighted by molar-refractivity contribution is 7.98. The molecule has 1 amide bonds. The van der Waals surface area contributed by atoms with E-state index < -0.39 is 0 Å². The summed E-state index contributed by atoms with van der Waals surface area (Å²) >= 11 is 1.71. The smallest absolute Gasteiger partial charge is 0.224 e. The molecule has 0 aliphatic rings. The minimum absolute atomic E-state index is 0.0151. The monoisotopic (exact) mass is 400 g/mol. The average Bonchev–Trinajstić information content (AvgIpc) is 3.17. The normalized spacial score (nSPS) is 10.9. The molecule has 0 fully saturated rings. The molecule has 0 aliphatic heterocycles. The van der Waals surface area contributed by atoms with E-state index in [2.05, 4.69) is 23.5 Å². The van der Waals surface area contributed by atoms with Gasteiger partial charge in [0.15, 0.2) is 0 Å². The summed E-state index contributed by atoms with van der Waals surface area (Å²) in [4.78, 5) is 12.4. The van der Waals surface area contributed by atoms with Gasteiger partial charge in [0, 0.05) is 29.0 Å². The molecule has 4 nitrogen and oxygen atoms in total. The van der Waals surface area contributed by atoms with E-state index in [0.717, 1.165) is 44.4 Å². The van der Waals surface area contributed by atoms with Crippen molar-refractivity contribution in [2.24, 2.45) is 0 Å². The molecule has 0 unspecified atom stereocenters. The summed E-state index contributed by atoms with van der Waals surface area (Å²) in [6, 6.07) is 21.9. The van der Waals surface area contributed by atoms with Crippen LogP contribution >= 0.6 is 11.8 Å². The number of benzene rings is 3. The van der Waals surface area contributed by atoms with Gasteiger partial charge in [-0.05, 0) is 28.5 Å². The fourth-order valence-corrected chi connectivity index (χ4v) is 4.30. The number of nitriles is 1. The number of thioether (sulfide) groups is 1. The molecule has 1 heterocycles. The van der Waals surface area contributed by atoms with E-state index in [1.165, 1.54) is 0 Å². The zero-order valence-corrected chi connectivity index (χ0v) is 16.7. The molecule has 0 bridgehead atoms. The van der Waals surface area contributed by atoms with Crippen LogP contribution in [0.25, 0.3) is 21.7 Å². The summed E-state index contributed by atoms with van der Waals surface area (Å²) in [7, 11) is 0. The van der Waals surface area contributed by atoms with Crippen molar-refractivity contribution in [3.63, 3.8) is 0 Å². The van der Waals surface area contributed by atoms with Gasteiger partial charge in [-0.15, -0.1) is 0 Å². The van der Waals surface area contributed by atoms with Crippen LogP contribution < -0.4 is 5.32 Å². The molecule has 5 heteroatoms. The van der Waals surface area contributed by atoms with E-state index in [1.807, 2.05) is 48.5 Å². The molecule has 0 spiro atoms. The minimum Gasteiger partial charge on any atom is -0.464 e. The first-order valence-corrected chi connectivity index (χ1v) is 10.6. The summed E-state index contributed by atoms with van der Waals surface area (Å²) in [5.74, 6) is 1.54. The van der Waals surface area contributed by atoms with Crippen molar-refractivity contribution in [2.45, 2.75) is 12.2 Å². The molecule has 0 saturated carbocycles. The van der Waals surface area contributed by atoms with E-state index in [1.54, 1.807) is 18.0 Å². The number of rotatable bonds is 7. The van der Waals surface area contributed by atoms with E-state index >= 15 is 0 Å². The van der Waals surface area contributed by atoms with Gasteiger partial charge in [-0.2, -0.15) is 17.0 Å². The zero-order valence-electron chi connectivity index (χ0n) is 15.9. The summed E-state index contributed by atoms with van der Waals surface area (Å²) in [5, 5.41) is 15.4. The van der Waals surface area contributed by atoms with Gasteiger partial charge >= 0.3 is 0 Å². The van der Waals surface area contributed by atoms with Crippen molar-refractivity contribution in [1.29, 1.82) is 5.26 Å². The van der Waals surface area contributed by atoms with Crippen molar-refractivity contribution < 1.29 is 9.21 Å². The zero-order chi connectivity index (χ0) is 20.1. The first kappa shape index (κ1) is 19.1. The minimum atomic E-state index is -0.0151. The molecule has 4 rings (SSSR count). The lowest BCUT2D eigenvalue weighted by molar-refractivity contribution is -0.120. The van der Waals surface area contributed by atoms with E-state index in [-0.39, 0.29) is 5.91 Å². The Hall–Kier alpha value is -3.23. The molecule has 1 aromatic heterocycles. The number of nitrogens with zero attached hydrogens (tertiary/aromatic N) is 1. The van der Waals surface area contributed by atoms with E-state index in [9.17, 15) is 4.79 Å². The van der Waals surface area contributed by atoms with E-state index in [4.69, 9.17) is 9.68 Å². The van der Waals surface area contributed by atoms with Gasteiger partial charge in [-0.1, -0.05) is 48.5 Å². The predicted molar refractivity (Wildman–Crippen MR) is 118 cm³/mol. The lowest BCUT2D eigenvalue weighted by Crippen LogP contribution is -2.27. The maximum Gasteiger partial charge on any atom is 0.224 e. The van der Waals surface area contributed by atoms with Crippen molar-refractivity contribution in [1.82, 2.24) is 5.32 Å². The van der Waals surface area contributed by atoms with Gasteiger partial charge in [0.2, 0.25) is 5.91 Å². The number of nitrogens with one attached hydrogen (secondary N) is 1. The van der Waals surface area contributed by atoms with Crippen LogP contribution in [0, 0.1) is 11.3 Å². The van der Waals surface area contributed by atoms with Crippen molar-refractivity contribution in [3.05, 3.63) is 83.6 Å². The van der Waals surface area contributed by atoms with Crippen LogP contribution in [0.5, 0.6) is 0 Å². The molecule has 0 atom stereocenters. The van der Waals surface area contributed by atoms with Crippen LogP contribution in [0.2, 0.25) is 0 Å². The number of hydrogen-bond acceptors (Lipinski definition) is 4. The highest BCUT2D eigenvalue weighted by Crippen LogP contribution is 2.30. The SMILES string of the molecule is N#Cc1ccccc1CSCCNC(=O)Cc1coc2ccc3ccccc3c12. The number of hydrogen-bond donors (Lipinski definition) is 1.